The standard InChI is InChI=1S/C14H17ClN2O/c1-2-6-17-10-16-9-13(17)14(18)8-11-4-3-5-12(15)7-11/h3-5,7,9-10,14,18H,2,6,8H2,1H3. The lowest BCUT2D eigenvalue weighted by Gasteiger charge is -2.13. The molecule has 2 aromatic rings. The first-order valence-corrected chi connectivity index (χ1v) is 6.51. The second kappa shape index (κ2) is 6.03. The van der Waals surface area contributed by atoms with Gasteiger partial charge in [0.15, 0.2) is 0 Å². The van der Waals surface area contributed by atoms with Crippen molar-refractivity contribution in [3.8, 4) is 0 Å². The molecule has 3 nitrogen and oxygen atoms in total. The van der Waals surface area contributed by atoms with E-state index in [1.165, 1.54) is 0 Å². The van der Waals surface area contributed by atoms with E-state index >= 15 is 0 Å². The maximum atomic E-state index is 10.3. The fraction of sp³-hybridized carbons (Fsp3) is 0.357. The second-order valence-electron chi connectivity index (χ2n) is 4.36. The Hall–Kier alpha value is -1.32. The summed E-state index contributed by atoms with van der Waals surface area (Å²) in [4.78, 5) is 4.10. The SMILES string of the molecule is CCCn1cncc1C(O)Cc1cccc(Cl)c1. The highest BCUT2D eigenvalue weighted by molar-refractivity contribution is 6.30. The van der Waals surface area contributed by atoms with E-state index < -0.39 is 6.10 Å². The Balaban J connectivity index is 2.11. The minimum Gasteiger partial charge on any atom is -0.386 e. The van der Waals surface area contributed by atoms with Crippen molar-refractivity contribution in [1.29, 1.82) is 0 Å². The van der Waals surface area contributed by atoms with E-state index in [0.717, 1.165) is 24.2 Å². The van der Waals surface area contributed by atoms with Crippen molar-refractivity contribution in [2.45, 2.75) is 32.4 Å². The number of aryl methyl sites for hydroxylation is 1. The highest BCUT2D eigenvalue weighted by Crippen LogP contribution is 2.20. The lowest BCUT2D eigenvalue weighted by atomic mass is 10.1. The van der Waals surface area contributed by atoms with Crippen LogP contribution in [0, 0.1) is 0 Å². The van der Waals surface area contributed by atoms with Crippen LogP contribution in [0.25, 0.3) is 0 Å². The molecule has 0 aliphatic carbocycles. The minimum atomic E-state index is -0.544. The molecule has 1 N–H and O–H groups in total. The van der Waals surface area contributed by atoms with Crippen LogP contribution >= 0.6 is 11.6 Å². The molecule has 0 saturated heterocycles. The number of aromatic nitrogens is 2. The summed E-state index contributed by atoms with van der Waals surface area (Å²) in [6.07, 6.45) is 4.52. The monoisotopic (exact) mass is 264 g/mol. The molecule has 0 spiro atoms. The zero-order chi connectivity index (χ0) is 13.0. The van der Waals surface area contributed by atoms with Gasteiger partial charge in [-0.3, -0.25) is 0 Å². The molecule has 0 fully saturated rings. The molecule has 1 unspecified atom stereocenters. The van der Waals surface area contributed by atoms with Gasteiger partial charge in [-0.25, -0.2) is 4.98 Å². The Morgan fingerprint density at radius 1 is 1.44 bits per heavy atom. The van der Waals surface area contributed by atoms with Gasteiger partial charge in [-0.2, -0.15) is 0 Å². The summed E-state index contributed by atoms with van der Waals surface area (Å²) < 4.78 is 2.00. The van der Waals surface area contributed by atoms with Gasteiger partial charge in [-0.05, 0) is 24.1 Å². The lowest BCUT2D eigenvalue weighted by Crippen LogP contribution is -2.09. The Labute approximate surface area is 112 Å². The Morgan fingerprint density at radius 3 is 3.00 bits per heavy atom. The molecule has 0 amide bonds. The summed E-state index contributed by atoms with van der Waals surface area (Å²) in [7, 11) is 0. The van der Waals surface area contributed by atoms with Crippen LogP contribution < -0.4 is 0 Å². The number of aliphatic hydroxyl groups is 1. The number of rotatable bonds is 5. The highest BCUT2D eigenvalue weighted by Gasteiger charge is 2.13. The van der Waals surface area contributed by atoms with Gasteiger partial charge in [0.25, 0.3) is 0 Å². The van der Waals surface area contributed by atoms with E-state index in [-0.39, 0.29) is 0 Å². The van der Waals surface area contributed by atoms with Crippen LogP contribution in [0.2, 0.25) is 5.02 Å². The summed E-state index contributed by atoms with van der Waals surface area (Å²) in [5, 5.41) is 11.0. The molecule has 18 heavy (non-hydrogen) atoms. The lowest BCUT2D eigenvalue weighted by molar-refractivity contribution is 0.168. The number of nitrogens with zero attached hydrogens (tertiary/aromatic N) is 2. The van der Waals surface area contributed by atoms with Crippen molar-refractivity contribution >= 4 is 11.6 Å². The first kappa shape index (κ1) is 13.1. The molecule has 0 radical (unpaired) electrons. The summed E-state index contributed by atoms with van der Waals surface area (Å²) >= 11 is 5.94. The normalized spacial score (nSPS) is 12.6. The van der Waals surface area contributed by atoms with E-state index in [1.807, 2.05) is 28.8 Å². The van der Waals surface area contributed by atoms with Crippen LogP contribution in [-0.4, -0.2) is 14.7 Å². The van der Waals surface area contributed by atoms with Crippen molar-refractivity contribution in [3.63, 3.8) is 0 Å². The van der Waals surface area contributed by atoms with Gasteiger partial charge in [0, 0.05) is 18.0 Å². The highest BCUT2D eigenvalue weighted by atomic mass is 35.5. The van der Waals surface area contributed by atoms with E-state index in [0.29, 0.717) is 11.4 Å². The van der Waals surface area contributed by atoms with Gasteiger partial charge in [-0.15, -0.1) is 0 Å². The predicted octanol–water partition coefficient (Wildman–Crippen LogP) is 3.22. The average Bonchev–Trinajstić information content (AvgIpc) is 2.78. The number of aliphatic hydroxyl groups excluding tert-OH is 1. The molecule has 1 aromatic carbocycles. The fourth-order valence-corrected chi connectivity index (χ4v) is 2.24. The van der Waals surface area contributed by atoms with Crippen LogP contribution in [-0.2, 0) is 13.0 Å². The van der Waals surface area contributed by atoms with Crippen LogP contribution in [0.3, 0.4) is 0 Å². The predicted molar refractivity (Wildman–Crippen MR) is 72.6 cm³/mol. The number of benzene rings is 1. The third-order valence-electron chi connectivity index (χ3n) is 2.87. The van der Waals surface area contributed by atoms with Gasteiger partial charge in [0.2, 0.25) is 0 Å². The number of hydrogen-bond donors (Lipinski definition) is 1. The molecule has 0 saturated carbocycles. The summed E-state index contributed by atoms with van der Waals surface area (Å²) in [5.41, 5.74) is 1.89. The van der Waals surface area contributed by atoms with Gasteiger partial charge >= 0.3 is 0 Å². The molecule has 1 heterocycles. The van der Waals surface area contributed by atoms with Gasteiger partial charge in [-0.1, -0.05) is 30.7 Å². The van der Waals surface area contributed by atoms with E-state index in [1.54, 1.807) is 12.5 Å². The van der Waals surface area contributed by atoms with Gasteiger partial charge in [0.1, 0.15) is 0 Å². The van der Waals surface area contributed by atoms with E-state index in [4.69, 9.17) is 11.6 Å². The van der Waals surface area contributed by atoms with Crippen molar-refractivity contribution in [2.75, 3.05) is 0 Å². The van der Waals surface area contributed by atoms with Crippen LogP contribution in [0.5, 0.6) is 0 Å². The first-order valence-electron chi connectivity index (χ1n) is 6.13. The zero-order valence-electron chi connectivity index (χ0n) is 10.4. The second-order valence-corrected chi connectivity index (χ2v) is 4.80. The van der Waals surface area contributed by atoms with Gasteiger partial charge in [0.05, 0.1) is 24.3 Å². The van der Waals surface area contributed by atoms with Gasteiger partial charge < -0.3 is 9.67 Å². The van der Waals surface area contributed by atoms with E-state index in [9.17, 15) is 5.11 Å². The van der Waals surface area contributed by atoms with Crippen LogP contribution in [0.4, 0.5) is 0 Å². The van der Waals surface area contributed by atoms with Crippen molar-refractivity contribution < 1.29 is 5.11 Å². The largest absolute Gasteiger partial charge is 0.386 e. The van der Waals surface area contributed by atoms with Crippen molar-refractivity contribution in [2.24, 2.45) is 0 Å². The summed E-state index contributed by atoms with van der Waals surface area (Å²) in [5.74, 6) is 0. The molecular weight excluding hydrogens is 248 g/mol. The maximum Gasteiger partial charge on any atom is 0.0996 e. The molecule has 1 aromatic heterocycles. The quantitative estimate of drug-likeness (QED) is 0.900. The molecule has 4 heteroatoms. The number of halogens is 1. The topological polar surface area (TPSA) is 38.0 Å². The molecule has 1 atom stereocenters. The smallest absolute Gasteiger partial charge is 0.0996 e. The van der Waals surface area contributed by atoms with Crippen molar-refractivity contribution in [3.05, 3.63) is 53.1 Å². The average molecular weight is 265 g/mol. The van der Waals surface area contributed by atoms with Crippen LogP contribution in [0.1, 0.15) is 30.7 Å². The Kier molecular flexibility index (Phi) is 4.39. The Bertz CT molecular complexity index is 510. The number of hydrogen-bond acceptors (Lipinski definition) is 2. The molecule has 2 rings (SSSR count). The van der Waals surface area contributed by atoms with Crippen molar-refractivity contribution in [1.82, 2.24) is 9.55 Å². The molecular formula is C14H17ClN2O. The first-order chi connectivity index (χ1) is 8.70. The molecule has 0 aliphatic heterocycles. The summed E-state index contributed by atoms with van der Waals surface area (Å²) in [6, 6.07) is 7.58. The molecule has 0 bridgehead atoms. The molecule has 0 aliphatic rings. The van der Waals surface area contributed by atoms with E-state index in [2.05, 4.69) is 11.9 Å². The van der Waals surface area contributed by atoms with Crippen LogP contribution in [0.15, 0.2) is 36.8 Å². The summed E-state index contributed by atoms with van der Waals surface area (Å²) in [6.45, 7) is 2.98. The molecule has 96 valence electrons. The fourth-order valence-electron chi connectivity index (χ4n) is 2.03. The maximum absolute atomic E-state index is 10.3. The third-order valence-corrected chi connectivity index (χ3v) is 3.10. The number of imidazole rings is 1. The third kappa shape index (κ3) is 3.12. The minimum absolute atomic E-state index is 0.544. The zero-order valence-corrected chi connectivity index (χ0v) is 11.1. The Morgan fingerprint density at radius 2 is 2.28 bits per heavy atom.